The Morgan fingerprint density at radius 3 is 2.33 bits per heavy atom. The first-order valence-corrected chi connectivity index (χ1v) is 10.5. The number of carbonyl (C=O) groups excluding carboxylic acids is 1. The SMILES string of the molecule is CC(C)CC(=O)c1cccc(OCCCC(C)Sc2c(F)c(F)cc(F)c2F)c1O. The van der Waals surface area contributed by atoms with Crippen LogP contribution in [-0.4, -0.2) is 22.7 Å². The number of carbonyl (C=O) groups is 1. The van der Waals surface area contributed by atoms with Gasteiger partial charge in [0.25, 0.3) is 0 Å². The van der Waals surface area contributed by atoms with Gasteiger partial charge in [0.1, 0.15) is 0 Å². The van der Waals surface area contributed by atoms with Gasteiger partial charge in [-0.2, -0.15) is 0 Å². The van der Waals surface area contributed by atoms with E-state index in [1.807, 2.05) is 13.8 Å². The fourth-order valence-corrected chi connectivity index (χ4v) is 3.90. The molecule has 30 heavy (non-hydrogen) atoms. The minimum Gasteiger partial charge on any atom is -0.504 e. The number of halogens is 4. The molecule has 0 spiro atoms. The van der Waals surface area contributed by atoms with Gasteiger partial charge in [-0.25, -0.2) is 17.6 Å². The zero-order valence-electron chi connectivity index (χ0n) is 17.0. The molecule has 3 nitrogen and oxygen atoms in total. The molecule has 0 bridgehead atoms. The number of aromatic hydroxyl groups is 1. The number of para-hydroxylation sites is 1. The lowest BCUT2D eigenvalue weighted by Gasteiger charge is -2.14. The van der Waals surface area contributed by atoms with Crippen molar-refractivity contribution in [2.24, 2.45) is 5.92 Å². The fraction of sp³-hybridized carbons (Fsp3) is 0.409. The summed E-state index contributed by atoms with van der Waals surface area (Å²) in [4.78, 5) is 11.5. The molecule has 0 aliphatic heterocycles. The molecule has 1 N–H and O–H groups in total. The Bertz CT molecular complexity index is 876. The summed E-state index contributed by atoms with van der Waals surface area (Å²) in [7, 11) is 0. The molecule has 1 atom stereocenters. The number of phenols is 1. The molecule has 0 fully saturated rings. The maximum absolute atomic E-state index is 13.8. The van der Waals surface area contributed by atoms with Crippen molar-refractivity contribution in [3.63, 3.8) is 0 Å². The van der Waals surface area contributed by atoms with E-state index in [4.69, 9.17) is 4.74 Å². The fourth-order valence-electron chi connectivity index (χ4n) is 2.81. The monoisotopic (exact) mass is 444 g/mol. The number of benzene rings is 2. The van der Waals surface area contributed by atoms with Crippen LogP contribution >= 0.6 is 11.8 Å². The minimum atomic E-state index is -1.44. The maximum atomic E-state index is 13.8. The largest absolute Gasteiger partial charge is 0.504 e. The van der Waals surface area contributed by atoms with Crippen molar-refractivity contribution in [3.8, 4) is 11.5 Å². The Kier molecular flexibility index (Phi) is 8.58. The number of hydrogen-bond donors (Lipinski definition) is 1. The Hall–Kier alpha value is -2.22. The zero-order valence-corrected chi connectivity index (χ0v) is 17.8. The molecule has 2 rings (SSSR count). The van der Waals surface area contributed by atoms with E-state index in [0.29, 0.717) is 31.0 Å². The number of ether oxygens (including phenoxy) is 1. The second kappa shape index (κ2) is 10.7. The van der Waals surface area contributed by atoms with Gasteiger partial charge in [0, 0.05) is 17.7 Å². The van der Waals surface area contributed by atoms with E-state index in [0.717, 1.165) is 0 Å². The van der Waals surface area contributed by atoms with Crippen LogP contribution in [0.5, 0.6) is 11.5 Å². The van der Waals surface area contributed by atoms with Crippen LogP contribution in [0.3, 0.4) is 0 Å². The molecule has 0 heterocycles. The number of Topliss-reactive ketones (excluding diaryl/α,β-unsaturated/α-hetero) is 1. The van der Waals surface area contributed by atoms with Crippen molar-refractivity contribution < 1.29 is 32.2 Å². The molecule has 0 aliphatic rings. The van der Waals surface area contributed by atoms with Gasteiger partial charge in [-0.15, -0.1) is 11.8 Å². The third kappa shape index (κ3) is 6.14. The normalized spacial score (nSPS) is 12.3. The van der Waals surface area contributed by atoms with Crippen molar-refractivity contribution in [3.05, 3.63) is 53.1 Å². The summed E-state index contributed by atoms with van der Waals surface area (Å²) < 4.78 is 59.7. The first-order chi connectivity index (χ1) is 14.1. The van der Waals surface area contributed by atoms with Crippen molar-refractivity contribution in [1.29, 1.82) is 0 Å². The van der Waals surface area contributed by atoms with Crippen LogP contribution in [0.15, 0.2) is 29.2 Å². The van der Waals surface area contributed by atoms with E-state index in [1.54, 1.807) is 19.1 Å². The summed E-state index contributed by atoms with van der Waals surface area (Å²) in [5.74, 6) is -5.75. The molecule has 0 radical (unpaired) electrons. The Balaban J connectivity index is 1.91. The highest BCUT2D eigenvalue weighted by atomic mass is 32.2. The van der Waals surface area contributed by atoms with E-state index in [2.05, 4.69) is 0 Å². The molecule has 0 amide bonds. The molecular formula is C22H24F4O3S. The third-order valence-electron chi connectivity index (χ3n) is 4.30. The molecule has 0 aliphatic carbocycles. The summed E-state index contributed by atoms with van der Waals surface area (Å²) in [5.41, 5.74) is 0.198. The molecule has 164 valence electrons. The number of rotatable bonds is 10. The highest BCUT2D eigenvalue weighted by Crippen LogP contribution is 2.34. The van der Waals surface area contributed by atoms with E-state index < -0.39 is 28.2 Å². The quantitative estimate of drug-likeness (QED) is 0.149. The molecule has 0 saturated carbocycles. The predicted molar refractivity (Wildman–Crippen MR) is 108 cm³/mol. The molecular weight excluding hydrogens is 420 g/mol. The van der Waals surface area contributed by atoms with Crippen LogP contribution in [0.25, 0.3) is 0 Å². The lowest BCUT2D eigenvalue weighted by atomic mass is 10.0. The van der Waals surface area contributed by atoms with E-state index >= 15 is 0 Å². The number of phenolic OH excluding ortho intramolecular Hbond substituents is 1. The van der Waals surface area contributed by atoms with Crippen LogP contribution in [0.1, 0.15) is 50.4 Å². The predicted octanol–water partition coefficient (Wildman–Crippen LogP) is 6.52. The summed E-state index contributed by atoms with van der Waals surface area (Å²) in [6, 6.07) is 4.87. The molecule has 2 aromatic carbocycles. The molecule has 8 heteroatoms. The van der Waals surface area contributed by atoms with Crippen molar-refractivity contribution >= 4 is 17.5 Å². The Labute approximate surface area is 177 Å². The van der Waals surface area contributed by atoms with Crippen LogP contribution < -0.4 is 4.74 Å². The molecule has 0 saturated heterocycles. The molecule has 2 aromatic rings. The van der Waals surface area contributed by atoms with Crippen molar-refractivity contribution in [2.75, 3.05) is 6.61 Å². The van der Waals surface area contributed by atoms with Gasteiger partial charge in [0.05, 0.1) is 17.1 Å². The van der Waals surface area contributed by atoms with Crippen LogP contribution in [0.2, 0.25) is 0 Å². The summed E-state index contributed by atoms with van der Waals surface area (Å²) in [6.45, 7) is 5.67. The second-order valence-corrected chi connectivity index (χ2v) is 8.84. The first kappa shape index (κ1) is 24.1. The van der Waals surface area contributed by atoms with E-state index in [9.17, 15) is 27.5 Å². The van der Waals surface area contributed by atoms with E-state index in [1.165, 1.54) is 6.07 Å². The summed E-state index contributed by atoms with van der Waals surface area (Å²) >= 11 is 0.707. The van der Waals surface area contributed by atoms with Crippen LogP contribution in [-0.2, 0) is 0 Å². The van der Waals surface area contributed by atoms with Gasteiger partial charge in [-0.3, -0.25) is 4.79 Å². The number of hydrogen-bond acceptors (Lipinski definition) is 4. The summed E-state index contributed by atoms with van der Waals surface area (Å²) in [5, 5.41) is 9.94. The number of ketones is 1. The highest BCUT2D eigenvalue weighted by molar-refractivity contribution is 8.00. The second-order valence-electron chi connectivity index (χ2n) is 7.39. The lowest BCUT2D eigenvalue weighted by molar-refractivity contribution is 0.0964. The zero-order chi connectivity index (χ0) is 22.4. The average Bonchev–Trinajstić information content (AvgIpc) is 2.67. The lowest BCUT2D eigenvalue weighted by Crippen LogP contribution is -2.07. The Morgan fingerprint density at radius 2 is 1.73 bits per heavy atom. The standard InChI is InChI=1S/C22H24F4O3S/c1-12(2)10-17(27)14-7-4-8-18(21(14)28)29-9-5-6-13(3)30-22-19(25)15(23)11-16(24)20(22)26/h4,7-8,11-13,28H,5-6,9-10H2,1-3H3. The third-order valence-corrected chi connectivity index (χ3v) is 5.53. The smallest absolute Gasteiger partial charge is 0.175 e. The van der Waals surface area contributed by atoms with Gasteiger partial charge < -0.3 is 9.84 Å². The highest BCUT2D eigenvalue weighted by Gasteiger charge is 2.21. The van der Waals surface area contributed by atoms with Gasteiger partial charge in [-0.1, -0.05) is 26.8 Å². The minimum absolute atomic E-state index is 0.154. The molecule has 0 aromatic heterocycles. The average molecular weight is 444 g/mol. The van der Waals surface area contributed by atoms with Gasteiger partial charge >= 0.3 is 0 Å². The molecule has 1 unspecified atom stereocenters. The number of thioether (sulfide) groups is 1. The summed E-state index contributed by atoms with van der Waals surface area (Å²) in [6.07, 6.45) is 1.20. The van der Waals surface area contributed by atoms with Crippen molar-refractivity contribution in [1.82, 2.24) is 0 Å². The van der Waals surface area contributed by atoms with Gasteiger partial charge in [0.15, 0.2) is 40.6 Å². The van der Waals surface area contributed by atoms with E-state index in [-0.39, 0.29) is 46.7 Å². The van der Waals surface area contributed by atoms with Crippen LogP contribution in [0, 0.1) is 29.2 Å². The maximum Gasteiger partial charge on any atom is 0.175 e. The first-order valence-electron chi connectivity index (χ1n) is 9.59. The van der Waals surface area contributed by atoms with Gasteiger partial charge in [-0.05, 0) is 30.9 Å². The van der Waals surface area contributed by atoms with Gasteiger partial charge in [0.2, 0.25) is 0 Å². The van der Waals surface area contributed by atoms with Crippen molar-refractivity contribution in [2.45, 2.75) is 50.2 Å². The van der Waals surface area contributed by atoms with Crippen LogP contribution in [0.4, 0.5) is 17.6 Å². The topological polar surface area (TPSA) is 46.5 Å². The Morgan fingerprint density at radius 1 is 1.10 bits per heavy atom.